The Morgan fingerprint density at radius 1 is 1.19 bits per heavy atom. The van der Waals surface area contributed by atoms with E-state index in [9.17, 15) is 32.7 Å². The van der Waals surface area contributed by atoms with Gasteiger partial charge in [-0.2, -0.15) is 18.3 Å². The summed E-state index contributed by atoms with van der Waals surface area (Å²) in [5.74, 6) is -3.21. The van der Waals surface area contributed by atoms with Crippen molar-refractivity contribution < 1.29 is 62.2 Å². The second-order valence-corrected chi connectivity index (χ2v) is 6.73. The standard InChI is InChI=1S/C19H21F3N4O4.Na/c1-10-6-11(2)26(25-10)14-5-4-13(15(7-14)19(20,21)22)9-23-17(28)8-16(18(29)30)24-12(3)27;/h4-7,16H,8-9H2,1-3H3,(H,23,28)(H,24,27)(H,29,30);/q;+1/p-1/t16-;/m0./s1. The third-order valence-electron chi connectivity index (χ3n) is 4.18. The molecule has 0 unspecified atom stereocenters. The number of aliphatic carboxylic acids is 1. The van der Waals surface area contributed by atoms with Crippen LogP contribution in [-0.4, -0.2) is 33.6 Å². The number of carbonyl (C=O) groups is 3. The minimum atomic E-state index is -4.68. The molecule has 0 aliphatic rings. The molecule has 2 aromatic rings. The van der Waals surface area contributed by atoms with Crippen molar-refractivity contribution in [3.05, 3.63) is 46.8 Å². The zero-order valence-electron chi connectivity index (χ0n) is 17.5. The van der Waals surface area contributed by atoms with Crippen LogP contribution in [0.5, 0.6) is 0 Å². The van der Waals surface area contributed by atoms with E-state index in [0.717, 1.165) is 13.0 Å². The smallest absolute Gasteiger partial charge is 0.548 e. The van der Waals surface area contributed by atoms with Gasteiger partial charge in [-0.3, -0.25) is 9.59 Å². The Morgan fingerprint density at radius 3 is 2.32 bits per heavy atom. The first-order chi connectivity index (χ1) is 13.9. The van der Waals surface area contributed by atoms with Gasteiger partial charge in [0.1, 0.15) is 0 Å². The Labute approximate surface area is 198 Å². The van der Waals surface area contributed by atoms with Crippen LogP contribution in [0.2, 0.25) is 0 Å². The van der Waals surface area contributed by atoms with Gasteiger partial charge in [0, 0.05) is 19.2 Å². The molecule has 162 valence electrons. The molecule has 1 aromatic heterocycles. The summed E-state index contributed by atoms with van der Waals surface area (Å²) in [4.78, 5) is 33.9. The van der Waals surface area contributed by atoms with Crippen molar-refractivity contribution in [2.45, 2.75) is 46.0 Å². The molecule has 0 bridgehead atoms. The minimum absolute atomic E-state index is 0. The number of aromatic nitrogens is 2. The molecule has 31 heavy (non-hydrogen) atoms. The first kappa shape index (κ1) is 26.7. The number of hydrogen-bond donors (Lipinski definition) is 2. The van der Waals surface area contributed by atoms with Gasteiger partial charge in [0.05, 0.1) is 35.4 Å². The topological polar surface area (TPSA) is 116 Å². The molecule has 0 fully saturated rings. The predicted octanol–water partition coefficient (Wildman–Crippen LogP) is -2.23. The third-order valence-corrected chi connectivity index (χ3v) is 4.18. The van der Waals surface area contributed by atoms with Crippen LogP contribution in [0.25, 0.3) is 5.69 Å². The van der Waals surface area contributed by atoms with Gasteiger partial charge in [0.25, 0.3) is 0 Å². The minimum Gasteiger partial charge on any atom is -0.548 e. The first-order valence-electron chi connectivity index (χ1n) is 8.87. The number of amides is 2. The molecule has 0 aliphatic carbocycles. The summed E-state index contributed by atoms with van der Waals surface area (Å²) in [6.07, 6.45) is -5.36. The van der Waals surface area contributed by atoms with E-state index in [-0.39, 0.29) is 40.8 Å². The summed E-state index contributed by atoms with van der Waals surface area (Å²) in [7, 11) is 0. The fourth-order valence-electron chi connectivity index (χ4n) is 2.89. The number of alkyl halides is 3. The van der Waals surface area contributed by atoms with Crippen molar-refractivity contribution >= 4 is 17.8 Å². The second-order valence-electron chi connectivity index (χ2n) is 6.73. The molecule has 1 heterocycles. The monoisotopic (exact) mass is 448 g/mol. The molecular formula is C19H20F3N4NaO4. The molecule has 12 heteroatoms. The Bertz CT molecular complexity index is 976. The summed E-state index contributed by atoms with van der Waals surface area (Å²) in [6.45, 7) is 4.02. The maximum absolute atomic E-state index is 13.6. The van der Waals surface area contributed by atoms with Crippen LogP contribution < -0.4 is 45.3 Å². The SMILES string of the molecule is CC(=O)N[C@@H](CC(=O)NCc1ccc(-n2nc(C)cc2C)cc1C(F)(F)F)C(=O)[O-].[Na+]. The van der Waals surface area contributed by atoms with E-state index in [1.807, 2.05) is 5.32 Å². The molecule has 1 aromatic carbocycles. The number of nitrogens with one attached hydrogen (secondary N) is 2. The fourth-order valence-corrected chi connectivity index (χ4v) is 2.89. The fraction of sp³-hybridized carbons (Fsp3) is 0.368. The normalized spacial score (nSPS) is 11.9. The molecule has 2 N–H and O–H groups in total. The quantitative estimate of drug-likeness (QED) is 0.466. The Balaban J connectivity index is 0.00000480. The van der Waals surface area contributed by atoms with Crippen LogP contribution in [-0.2, 0) is 27.1 Å². The number of rotatable bonds is 7. The molecule has 0 spiro atoms. The number of carboxylic acids is 1. The van der Waals surface area contributed by atoms with Crippen LogP contribution in [0.1, 0.15) is 35.9 Å². The Kier molecular flexibility index (Phi) is 9.27. The van der Waals surface area contributed by atoms with Gasteiger partial charge >= 0.3 is 35.7 Å². The summed E-state index contributed by atoms with van der Waals surface area (Å²) in [5.41, 5.74) is 0.370. The third kappa shape index (κ3) is 7.37. The van der Waals surface area contributed by atoms with E-state index in [2.05, 4.69) is 10.4 Å². The molecule has 1 atom stereocenters. The molecule has 8 nitrogen and oxygen atoms in total. The van der Waals surface area contributed by atoms with Crippen molar-refractivity contribution in [2.24, 2.45) is 0 Å². The predicted molar refractivity (Wildman–Crippen MR) is 97.1 cm³/mol. The maximum atomic E-state index is 13.6. The van der Waals surface area contributed by atoms with E-state index in [1.165, 1.54) is 16.8 Å². The molecule has 0 aliphatic heterocycles. The molecule has 0 radical (unpaired) electrons. The van der Waals surface area contributed by atoms with E-state index in [0.29, 0.717) is 11.4 Å². The summed E-state index contributed by atoms with van der Waals surface area (Å²) < 4.78 is 42.1. The van der Waals surface area contributed by atoms with Crippen molar-refractivity contribution in [1.82, 2.24) is 20.4 Å². The van der Waals surface area contributed by atoms with Crippen LogP contribution in [0.4, 0.5) is 13.2 Å². The molecule has 2 amide bonds. The van der Waals surface area contributed by atoms with Crippen molar-refractivity contribution in [2.75, 3.05) is 0 Å². The number of halogens is 3. The average Bonchev–Trinajstić information content (AvgIpc) is 2.96. The van der Waals surface area contributed by atoms with Gasteiger partial charge in [-0.1, -0.05) is 6.07 Å². The Morgan fingerprint density at radius 2 is 1.84 bits per heavy atom. The van der Waals surface area contributed by atoms with Crippen LogP contribution in [0.15, 0.2) is 24.3 Å². The van der Waals surface area contributed by atoms with E-state index in [1.54, 1.807) is 19.9 Å². The molecule has 2 rings (SSSR count). The maximum Gasteiger partial charge on any atom is 1.00 e. The van der Waals surface area contributed by atoms with Crippen molar-refractivity contribution in [1.29, 1.82) is 0 Å². The molecule has 0 saturated carbocycles. The number of carboxylic acid groups (broad SMARTS) is 1. The average molecular weight is 448 g/mol. The van der Waals surface area contributed by atoms with Crippen LogP contribution in [0.3, 0.4) is 0 Å². The van der Waals surface area contributed by atoms with Gasteiger partial charge in [-0.25, -0.2) is 4.68 Å². The second kappa shape index (κ2) is 10.8. The Hall–Kier alpha value is -2.37. The van der Waals surface area contributed by atoms with Gasteiger partial charge in [0.2, 0.25) is 11.8 Å². The van der Waals surface area contributed by atoms with E-state index in [4.69, 9.17) is 0 Å². The summed E-state index contributed by atoms with van der Waals surface area (Å²) in [6, 6.07) is 3.74. The van der Waals surface area contributed by atoms with Crippen LogP contribution in [0, 0.1) is 13.8 Å². The van der Waals surface area contributed by atoms with Gasteiger partial charge < -0.3 is 20.5 Å². The van der Waals surface area contributed by atoms with Crippen molar-refractivity contribution in [3.63, 3.8) is 0 Å². The first-order valence-corrected chi connectivity index (χ1v) is 8.87. The van der Waals surface area contributed by atoms with Gasteiger partial charge in [-0.15, -0.1) is 0 Å². The van der Waals surface area contributed by atoms with Crippen LogP contribution >= 0.6 is 0 Å². The largest absolute Gasteiger partial charge is 1.00 e. The number of aryl methyl sites for hydroxylation is 2. The summed E-state index contributed by atoms with van der Waals surface area (Å²) >= 11 is 0. The number of benzene rings is 1. The van der Waals surface area contributed by atoms with Gasteiger partial charge in [0.15, 0.2) is 0 Å². The zero-order chi connectivity index (χ0) is 22.6. The van der Waals surface area contributed by atoms with Crippen molar-refractivity contribution in [3.8, 4) is 5.69 Å². The van der Waals surface area contributed by atoms with E-state index < -0.39 is 48.5 Å². The molecular weight excluding hydrogens is 428 g/mol. The molecule has 0 saturated heterocycles. The zero-order valence-corrected chi connectivity index (χ0v) is 19.5. The summed E-state index contributed by atoms with van der Waals surface area (Å²) in [5, 5.41) is 19.4. The number of hydrogen-bond acceptors (Lipinski definition) is 5. The number of nitrogens with zero attached hydrogens (tertiary/aromatic N) is 2. The van der Waals surface area contributed by atoms with E-state index >= 15 is 0 Å². The number of carbonyl (C=O) groups excluding carboxylic acids is 3. The van der Waals surface area contributed by atoms with Gasteiger partial charge in [-0.05, 0) is 37.6 Å².